The van der Waals surface area contributed by atoms with Crippen LogP contribution in [0.3, 0.4) is 0 Å². The predicted octanol–water partition coefficient (Wildman–Crippen LogP) is 11.6. The number of hydrogen-bond donors (Lipinski definition) is 0. The van der Waals surface area contributed by atoms with Crippen LogP contribution in [-0.4, -0.2) is 30.8 Å². The fourth-order valence-electron chi connectivity index (χ4n) is 5.72. The highest BCUT2D eigenvalue weighted by Gasteiger charge is 2.36. The van der Waals surface area contributed by atoms with Crippen LogP contribution < -0.4 is 14.2 Å². The number of benzene rings is 4. The number of carbonyl (C=O) groups is 1. The van der Waals surface area contributed by atoms with E-state index >= 15 is 0 Å². The highest BCUT2D eigenvalue weighted by molar-refractivity contribution is 6.13. The number of carbonyl (C=O) groups excluding carboxylic acids is 1. The van der Waals surface area contributed by atoms with Crippen molar-refractivity contribution in [3.63, 3.8) is 0 Å². The zero-order valence-corrected chi connectivity index (χ0v) is 30.1. The van der Waals surface area contributed by atoms with Gasteiger partial charge in [0.25, 0.3) is 0 Å². The Hall–Kier alpha value is -4.49. The van der Waals surface area contributed by atoms with Crippen LogP contribution in [0.5, 0.6) is 17.2 Å². The summed E-state index contributed by atoms with van der Waals surface area (Å²) in [4.78, 5) is 13.3. The molecule has 0 aliphatic heterocycles. The van der Waals surface area contributed by atoms with E-state index in [4.69, 9.17) is 30.7 Å². The summed E-state index contributed by atoms with van der Waals surface area (Å²) in [5.74, 6) is -0.619. The first-order chi connectivity index (χ1) is 24.2. The standard InChI is InChI=1S/C38H37ClF7NO5/c1-20(2)29-17-30(33(50-7)18-31(29)40)28-12-11-26(37(41,42)43)16-25(28)19-47(39)23(5)35(24-13-21(3)14-27(15-24)38(44,45)46)52-36(48)51-34-22(4)9-8-10-32(34)49-6/h8-18,20,23,35H,19H2,1-7H3. The number of aryl methyl sites for hydroxylation is 2. The van der Waals surface area contributed by atoms with Gasteiger partial charge in [0.2, 0.25) is 0 Å². The molecule has 0 N–H and O–H groups in total. The molecule has 0 aliphatic rings. The van der Waals surface area contributed by atoms with Crippen molar-refractivity contribution in [2.24, 2.45) is 0 Å². The Morgan fingerprint density at radius 2 is 1.46 bits per heavy atom. The lowest BCUT2D eigenvalue weighted by Crippen LogP contribution is -2.34. The summed E-state index contributed by atoms with van der Waals surface area (Å²) in [7, 11) is 2.64. The van der Waals surface area contributed by atoms with Crippen LogP contribution in [0.15, 0.2) is 66.7 Å². The molecule has 0 aromatic heterocycles. The van der Waals surface area contributed by atoms with Gasteiger partial charge in [-0.25, -0.2) is 13.6 Å². The Balaban J connectivity index is 1.81. The lowest BCUT2D eigenvalue weighted by atomic mass is 9.92. The predicted molar refractivity (Wildman–Crippen MR) is 182 cm³/mol. The zero-order chi connectivity index (χ0) is 38.7. The van der Waals surface area contributed by atoms with E-state index in [0.29, 0.717) is 5.56 Å². The first-order valence-corrected chi connectivity index (χ1v) is 16.3. The Bertz CT molecular complexity index is 1910. The van der Waals surface area contributed by atoms with Crippen LogP contribution in [-0.2, 0) is 23.6 Å². The second-order valence-corrected chi connectivity index (χ2v) is 13.0. The molecule has 0 spiro atoms. The van der Waals surface area contributed by atoms with Gasteiger partial charge in [-0.3, -0.25) is 0 Å². The van der Waals surface area contributed by atoms with E-state index in [2.05, 4.69) is 0 Å². The molecule has 14 heteroatoms. The maximum Gasteiger partial charge on any atom is 0.514 e. The Morgan fingerprint density at radius 1 is 0.808 bits per heavy atom. The molecular weight excluding hydrogens is 719 g/mol. The largest absolute Gasteiger partial charge is 0.514 e. The van der Waals surface area contributed by atoms with Gasteiger partial charge in [0.05, 0.1) is 31.4 Å². The molecule has 0 saturated carbocycles. The minimum absolute atomic E-state index is 0.00646. The van der Waals surface area contributed by atoms with Gasteiger partial charge in [0.15, 0.2) is 11.5 Å². The summed E-state index contributed by atoms with van der Waals surface area (Å²) >= 11 is 6.79. The normalized spacial score (nSPS) is 13.2. The number of nitrogens with zero attached hydrogens (tertiary/aromatic N) is 1. The lowest BCUT2D eigenvalue weighted by Gasteiger charge is -2.31. The fourth-order valence-corrected chi connectivity index (χ4v) is 5.96. The maximum absolute atomic E-state index is 14.9. The van der Waals surface area contributed by atoms with Gasteiger partial charge in [-0.1, -0.05) is 43.7 Å². The molecule has 4 rings (SSSR count). The Labute approximate surface area is 302 Å². The Kier molecular flexibility index (Phi) is 12.4. The van der Waals surface area contributed by atoms with E-state index in [1.54, 1.807) is 32.9 Å². The summed E-state index contributed by atoms with van der Waals surface area (Å²) in [5.41, 5.74) is -0.653. The van der Waals surface area contributed by atoms with Gasteiger partial charge < -0.3 is 18.9 Å². The third-order valence-electron chi connectivity index (χ3n) is 8.42. The van der Waals surface area contributed by atoms with Gasteiger partial charge in [-0.15, -0.1) is 0 Å². The zero-order valence-electron chi connectivity index (χ0n) is 29.3. The molecule has 0 radical (unpaired) electrons. The summed E-state index contributed by atoms with van der Waals surface area (Å²) in [6, 6.07) is 12.3. The van der Waals surface area contributed by atoms with Crippen molar-refractivity contribution in [1.29, 1.82) is 0 Å². The van der Waals surface area contributed by atoms with Crippen molar-refractivity contribution in [2.75, 3.05) is 14.2 Å². The van der Waals surface area contributed by atoms with Crippen LogP contribution in [0.1, 0.15) is 71.7 Å². The maximum atomic E-state index is 14.9. The SMILES string of the molecule is COc1cc(F)c(C(C)C)cc1-c1ccc(C(F)(F)F)cc1CN(Cl)C(C)C(OC(=O)Oc1c(C)cccc1OC)c1cc(C)cc(C(F)(F)F)c1. The highest BCUT2D eigenvalue weighted by Crippen LogP contribution is 2.41. The topological polar surface area (TPSA) is 57.2 Å². The van der Waals surface area contributed by atoms with Crippen molar-refractivity contribution >= 4 is 17.9 Å². The molecule has 4 aromatic rings. The number of ether oxygens (including phenoxy) is 4. The highest BCUT2D eigenvalue weighted by atomic mass is 35.5. The molecule has 52 heavy (non-hydrogen) atoms. The van der Waals surface area contributed by atoms with Gasteiger partial charge in [-0.2, -0.15) is 26.3 Å². The van der Waals surface area contributed by atoms with E-state index in [0.717, 1.165) is 34.8 Å². The van der Waals surface area contributed by atoms with Crippen molar-refractivity contribution < 1.29 is 54.5 Å². The first kappa shape index (κ1) is 40.3. The van der Waals surface area contributed by atoms with Gasteiger partial charge >= 0.3 is 18.5 Å². The van der Waals surface area contributed by atoms with E-state index < -0.39 is 54.1 Å². The van der Waals surface area contributed by atoms with Gasteiger partial charge in [0.1, 0.15) is 17.7 Å². The average Bonchev–Trinajstić information content (AvgIpc) is 3.06. The second kappa shape index (κ2) is 16.0. The van der Waals surface area contributed by atoms with Crippen LogP contribution >= 0.6 is 11.8 Å². The number of rotatable bonds is 11. The monoisotopic (exact) mass is 755 g/mol. The summed E-state index contributed by atoms with van der Waals surface area (Å²) in [5, 5.41) is 0. The number of methoxy groups -OCH3 is 2. The smallest absolute Gasteiger partial charge is 0.496 e. The third kappa shape index (κ3) is 9.29. The molecule has 2 unspecified atom stereocenters. The van der Waals surface area contributed by atoms with Gasteiger partial charge in [0, 0.05) is 18.2 Å². The van der Waals surface area contributed by atoms with Crippen molar-refractivity contribution in [2.45, 2.75) is 71.6 Å². The number of halogens is 8. The molecule has 0 heterocycles. The van der Waals surface area contributed by atoms with E-state index in [9.17, 15) is 35.5 Å². The third-order valence-corrected chi connectivity index (χ3v) is 8.85. The van der Waals surface area contributed by atoms with E-state index in [-0.39, 0.29) is 56.5 Å². The fraction of sp³-hybridized carbons (Fsp3) is 0.342. The molecular formula is C38H37ClF7NO5. The molecule has 0 bridgehead atoms. The van der Waals surface area contributed by atoms with Gasteiger partial charge in [-0.05, 0) is 103 Å². The molecule has 6 nitrogen and oxygen atoms in total. The van der Waals surface area contributed by atoms with Crippen LogP contribution in [0.2, 0.25) is 0 Å². The lowest BCUT2D eigenvalue weighted by molar-refractivity contribution is -0.138. The summed E-state index contributed by atoms with van der Waals surface area (Å²) < 4.78 is 122. The molecule has 0 saturated heterocycles. The average molecular weight is 756 g/mol. The minimum Gasteiger partial charge on any atom is -0.496 e. The van der Waals surface area contributed by atoms with Crippen LogP contribution in [0.4, 0.5) is 35.5 Å². The molecule has 0 amide bonds. The minimum atomic E-state index is -4.76. The quantitative estimate of drug-likeness (QED) is 0.0657. The van der Waals surface area contributed by atoms with E-state index in [1.165, 1.54) is 52.3 Å². The van der Waals surface area contributed by atoms with Crippen molar-refractivity contribution in [1.82, 2.24) is 4.42 Å². The Morgan fingerprint density at radius 3 is 2.06 bits per heavy atom. The second-order valence-electron chi connectivity index (χ2n) is 12.5. The molecule has 4 aromatic carbocycles. The number of alkyl halides is 6. The van der Waals surface area contributed by atoms with Crippen LogP contribution in [0.25, 0.3) is 11.1 Å². The molecule has 280 valence electrons. The van der Waals surface area contributed by atoms with Crippen molar-refractivity contribution in [3.05, 3.63) is 111 Å². The van der Waals surface area contributed by atoms with Crippen LogP contribution in [0, 0.1) is 19.7 Å². The van der Waals surface area contributed by atoms with E-state index in [1.807, 2.05) is 0 Å². The first-order valence-electron chi connectivity index (χ1n) is 16.0. The summed E-state index contributed by atoms with van der Waals surface area (Å²) in [6.45, 7) is 7.54. The van der Waals surface area contributed by atoms with Crippen molar-refractivity contribution in [3.8, 4) is 28.4 Å². The number of hydrogen-bond acceptors (Lipinski definition) is 6. The molecule has 2 atom stereocenters. The number of para-hydroxylation sites is 1. The summed E-state index contributed by atoms with van der Waals surface area (Å²) in [6.07, 6.45) is -12.4. The molecule has 0 fully saturated rings. The molecule has 0 aliphatic carbocycles.